The van der Waals surface area contributed by atoms with E-state index in [0.717, 1.165) is 0 Å². The fraction of sp³-hybridized carbons (Fsp3) is 0.625. The molecule has 0 bridgehead atoms. The van der Waals surface area contributed by atoms with Crippen LogP contribution in [0.4, 0.5) is 0 Å². The molecular weight excluding hydrogens is 174 g/mol. The van der Waals surface area contributed by atoms with Gasteiger partial charge < -0.3 is 4.74 Å². The first-order valence-corrected chi connectivity index (χ1v) is 4.13. The summed E-state index contributed by atoms with van der Waals surface area (Å²) in [5, 5.41) is 10.5. The lowest BCUT2D eigenvalue weighted by Crippen LogP contribution is -2.31. The highest BCUT2D eigenvalue weighted by Crippen LogP contribution is 2.21. The summed E-state index contributed by atoms with van der Waals surface area (Å²) in [6.07, 6.45) is 3.51. The van der Waals surface area contributed by atoms with Gasteiger partial charge in [0, 0.05) is 11.3 Å². The minimum atomic E-state index is -0.834. The SMILES string of the molecule is CCOC(=O)C1C=CCC1[N+](=O)[O-]. The fourth-order valence-electron chi connectivity index (χ4n) is 1.33. The molecule has 0 saturated heterocycles. The molecule has 0 spiro atoms. The first kappa shape index (κ1) is 9.70. The molecule has 0 saturated carbocycles. The summed E-state index contributed by atoms with van der Waals surface area (Å²) < 4.78 is 4.71. The Bertz CT molecular complexity index is 249. The van der Waals surface area contributed by atoms with E-state index in [2.05, 4.69) is 0 Å². The van der Waals surface area contributed by atoms with E-state index in [1.54, 1.807) is 19.1 Å². The van der Waals surface area contributed by atoms with Gasteiger partial charge in [-0.3, -0.25) is 14.9 Å². The number of nitro groups is 1. The maximum absolute atomic E-state index is 11.2. The van der Waals surface area contributed by atoms with Gasteiger partial charge in [-0.15, -0.1) is 0 Å². The molecule has 0 amide bonds. The number of rotatable bonds is 3. The minimum Gasteiger partial charge on any atom is -0.465 e. The zero-order valence-electron chi connectivity index (χ0n) is 7.30. The molecule has 1 aliphatic carbocycles. The molecule has 1 rings (SSSR count). The Kier molecular flexibility index (Phi) is 3.00. The molecule has 13 heavy (non-hydrogen) atoms. The number of esters is 1. The molecule has 0 aliphatic heterocycles. The van der Waals surface area contributed by atoms with E-state index in [1.807, 2.05) is 0 Å². The Morgan fingerprint density at radius 2 is 2.46 bits per heavy atom. The predicted octanol–water partition coefficient (Wildman–Crippen LogP) is 0.771. The lowest BCUT2D eigenvalue weighted by atomic mass is 10.1. The second-order valence-corrected chi connectivity index (χ2v) is 2.79. The minimum absolute atomic E-state index is 0.258. The number of carbonyl (C=O) groups is 1. The third-order valence-corrected chi connectivity index (χ3v) is 1.97. The Balaban J connectivity index is 2.62. The van der Waals surface area contributed by atoms with Crippen LogP contribution in [0.1, 0.15) is 13.3 Å². The molecule has 0 heterocycles. The van der Waals surface area contributed by atoms with E-state index in [4.69, 9.17) is 4.74 Å². The van der Waals surface area contributed by atoms with E-state index >= 15 is 0 Å². The van der Waals surface area contributed by atoms with Crippen LogP contribution < -0.4 is 0 Å². The van der Waals surface area contributed by atoms with Gasteiger partial charge in [-0.25, -0.2) is 0 Å². The molecule has 0 radical (unpaired) electrons. The van der Waals surface area contributed by atoms with Gasteiger partial charge in [0.15, 0.2) is 0 Å². The Labute approximate surface area is 75.5 Å². The zero-order chi connectivity index (χ0) is 9.84. The topological polar surface area (TPSA) is 69.4 Å². The summed E-state index contributed by atoms with van der Waals surface area (Å²) in [5.74, 6) is -1.20. The third kappa shape index (κ3) is 2.05. The Morgan fingerprint density at radius 3 is 3.00 bits per heavy atom. The number of ether oxygens (including phenoxy) is 1. The van der Waals surface area contributed by atoms with Crippen molar-refractivity contribution in [1.29, 1.82) is 0 Å². The highest BCUT2D eigenvalue weighted by atomic mass is 16.6. The molecule has 1 aliphatic rings. The molecular formula is C8H11NO4. The van der Waals surface area contributed by atoms with Gasteiger partial charge in [0.05, 0.1) is 6.61 Å². The molecule has 0 N–H and O–H groups in total. The van der Waals surface area contributed by atoms with Gasteiger partial charge in [0.1, 0.15) is 5.92 Å². The van der Waals surface area contributed by atoms with Crippen molar-refractivity contribution in [2.75, 3.05) is 6.61 Å². The molecule has 0 aromatic carbocycles. The number of hydrogen-bond donors (Lipinski definition) is 0. The standard InChI is InChI=1S/C8H11NO4/c1-2-13-8(10)6-4-3-5-7(6)9(11)12/h3-4,6-7H,2,5H2,1H3. The second kappa shape index (κ2) is 4.02. The van der Waals surface area contributed by atoms with Gasteiger partial charge in [0.2, 0.25) is 6.04 Å². The Hall–Kier alpha value is -1.39. The molecule has 5 heteroatoms. The van der Waals surface area contributed by atoms with E-state index < -0.39 is 22.9 Å². The largest absolute Gasteiger partial charge is 0.465 e. The fourth-order valence-corrected chi connectivity index (χ4v) is 1.33. The molecule has 72 valence electrons. The van der Waals surface area contributed by atoms with Crippen LogP contribution in [-0.4, -0.2) is 23.5 Å². The van der Waals surface area contributed by atoms with Crippen molar-refractivity contribution < 1.29 is 14.5 Å². The summed E-state index contributed by atoms with van der Waals surface area (Å²) >= 11 is 0. The van der Waals surface area contributed by atoms with E-state index in [1.165, 1.54) is 0 Å². The normalized spacial score (nSPS) is 25.9. The van der Waals surface area contributed by atoms with Crippen molar-refractivity contribution in [3.8, 4) is 0 Å². The van der Waals surface area contributed by atoms with Crippen molar-refractivity contribution in [2.45, 2.75) is 19.4 Å². The quantitative estimate of drug-likeness (QED) is 0.282. The van der Waals surface area contributed by atoms with Gasteiger partial charge in [-0.2, -0.15) is 0 Å². The molecule has 0 aromatic rings. The maximum atomic E-state index is 11.2. The highest BCUT2D eigenvalue weighted by Gasteiger charge is 2.38. The van der Waals surface area contributed by atoms with Gasteiger partial charge in [-0.05, 0) is 6.92 Å². The third-order valence-electron chi connectivity index (χ3n) is 1.97. The van der Waals surface area contributed by atoms with Crippen molar-refractivity contribution >= 4 is 5.97 Å². The first-order valence-electron chi connectivity index (χ1n) is 4.13. The molecule has 2 atom stereocenters. The zero-order valence-corrected chi connectivity index (χ0v) is 7.30. The summed E-state index contributed by atoms with van der Waals surface area (Å²) in [7, 11) is 0. The van der Waals surface area contributed by atoms with Crippen LogP contribution in [0.15, 0.2) is 12.2 Å². The van der Waals surface area contributed by atoms with Crippen LogP contribution in [-0.2, 0) is 9.53 Å². The summed E-state index contributed by atoms with van der Waals surface area (Å²) in [6, 6.07) is -0.834. The van der Waals surface area contributed by atoms with E-state index in [-0.39, 0.29) is 6.61 Å². The molecule has 0 aromatic heterocycles. The summed E-state index contributed by atoms with van der Waals surface area (Å²) in [5.41, 5.74) is 0. The number of nitrogens with zero attached hydrogens (tertiary/aromatic N) is 1. The van der Waals surface area contributed by atoms with E-state index in [0.29, 0.717) is 6.42 Å². The summed E-state index contributed by atoms with van der Waals surface area (Å²) in [4.78, 5) is 21.2. The number of carbonyl (C=O) groups excluding carboxylic acids is 1. The molecule has 0 fully saturated rings. The highest BCUT2D eigenvalue weighted by molar-refractivity contribution is 5.75. The average molecular weight is 185 g/mol. The van der Waals surface area contributed by atoms with Crippen molar-refractivity contribution in [3.63, 3.8) is 0 Å². The molecule has 2 unspecified atom stereocenters. The summed E-state index contributed by atoms with van der Waals surface area (Å²) in [6.45, 7) is 1.94. The van der Waals surface area contributed by atoms with Crippen molar-refractivity contribution in [3.05, 3.63) is 22.3 Å². The van der Waals surface area contributed by atoms with Crippen LogP contribution >= 0.6 is 0 Å². The van der Waals surface area contributed by atoms with Gasteiger partial charge >= 0.3 is 5.97 Å². The van der Waals surface area contributed by atoms with Crippen molar-refractivity contribution in [1.82, 2.24) is 0 Å². The van der Waals surface area contributed by atoms with Gasteiger partial charge in [0.25, 0.3) is 0 Å². The molecule has 5 nitrogen and oxygen atoms in total. The number of hydrogen-bond acceptors (Lipinski definition) is 4. The smallest absolute Gasteiger partial charge is 0.319 e. The van der Waals surface area contributed by atoms with Crippen molar-refractivity contribution in [2.24, 2.45) is 5.92 Å². The van der Waals surface area contributed by atoms with E-state index in [9.17, 15) is 14.9 Å². The van der Waals surface area contributed by atoms with Gasteiger partial charge in [-0.1, -0.05) is 12.2 Å². The monoisotopic (exact) mass is 185 g/mol. The van der Waals surface area contributed by atoms with Crippen LogP contribution in [0.2, 0.25) is 0 Å². The van der Waals surface area contributed by atoms with Crippen LogP contribution in [0.25, 0.3) is 0 Å². The Morgan fingerprint density at radius 1 is 1.77 bits per heavy atom. The average Bonchev–Trinajstić information content (AvgIpc) is 2.52. The maximum Gasteiger partial charge on any atom is 0.319 e. The van der Waals surface area contributed by atoms with Crippen LogP contribution in [0, 0.1) is 16.0 Å². The second-order valence-electron chi connectivity index (χ2n) is 2.79. The lowest BCUT2D eigenvalue weighted by molar-refractivity contribution is -0.525. The van der Waals surface area contributed by atoms with Crippen LogP contribution in [0.3, 0.4) is 0 Å². The predicted molar refractivity (Wildman–Crippen MR) is 44.7 cm³/mol. The lowest BCUT2D eigenvalue weighted by Gasteiger charge is -2.10. The first-order chi connectivity index (χ1) is 6.16. The van der Waals surface area contributed by atoms with Crippen LogP contribution in [0.5, 0.6) is 0 Å².